The zero-order valence-electron chi connectivity index (χ0n) is 9.90. The summed E-state index contributed by atoms with van der Waals surface area (Å²) in [5.41, 5.74) is 0.829. The van der Waals surface area contributed by atoms with Crippen LogP contribution in [0.3, 0.4) is 0 Å². The molecule has 0 aliphatic carbocycles. The van der Waals surface area contributed by atoms with Gasteiger partial charge in [-0.3, -0.25) is 9.59 Å². The van der Waals surface area contributed by atoms with E-state index in [1.807, 2.05) is 12.1 Å². The summed E-state index contributed by atoms with van der Waals surface area (Å²) in [6.45, 7) is 0. The maximum absolute atomic E-state index is 11.8. The second-order valence-corrected chi connectivity index (χ2v) is 3.94. The minimum atomic E-state index is -0.917. The Bertz CT molecular complexity index is 645. The number of methoxy groups -OCH3 is 1. The highest BCUT2D eigenvalue weighted by molar-refractivity contribution is 5.84. The van der Waals surface area contributed by atoms with E-state index in [1.165, 1.54) is 7.11 Å². The summed E-state index contributed by atoms with van der Waals surface area (Å²) >= 11 is 0. The minimum absolute atomic E-state index is 0.0570. The number of pyridine rings is 1. The van der Waals surface area contributed by atoms with Crippen LogP contribution in [0.4, 0.5) is 0 Å². The molecule has 18 heavy (non-hydrogen) atoms. The molecule has 0 saturated heterocycles. The van der Waals surface area contributed by atoms with Crippen LogP contribution in [0.1, 0.15) is 12.0 Å². The predicted molar refractivity (Wildman–Crippen MR) is 67.1 cm³/mol. The van der Waals surface area contributed by atoms with Crippen LogP contribution >= 0.6 is 0 Å². The van der Waals surface area contributed by atoms with E-state index >= 15 is 0 Å². The van der Waals surface area contributed by atoms with Gasteiger partial charge in [0.25, 0.3) is 5.56 Å². The lowest BCUT2D eigenvalue weighted by Crippen LogP contribution is -2.14. The highest BCUT2D eigenvalue weighted by atomic mass is 16.5. The maximum Gasteiger partial charge on any atom is 0.303 e. The number of aliphatic carboxylic acids is 1. The number of fused-ring (bicyclic) bond motifs is 1. The summed E-state index contributed by atoms with van der Waals surface area (Å²) in [6, 6.07) is 7.13. The fourth-order valence-corrected chi connectivity index (χ4v) is 1.85. The molecule has 5 nitrogen and oxygen atoms in total. The lowest BCUT2D eigenvalue weighted by molar-refractivity contribution is -0.136. The van der Waals surface area contributed by atoms with Crippen LogP contribution < -0.4 is 10.3 Å². The Balaban J connectivity index is 2.49. The van der Waals surface area contributed by atoms with E-state index in [-0.39, 0.29) is 18.4 Å². The van der Waals surface area contributed by atoms with Gasteiger partial charge in [-0.15, -0.1) is 0 Å². The van der Waals surface area contributed by atoms with E-state index in [0.717, 1.165) is 5.39 Å². The summed E-state index contributed by atoms with van der Waals surface area (Å²) in [6.07, 6.45) is 0.163. The van der Waals surface area contributed by atoms with Crippen molar-refractivity contribution in [1.82, 2.24) is 4.98 Å². The predicted octanol–water partition coefficient (Wildman–Crippen LogP) is 1.55. The zero-order chi connectivity index (χ0) is 13.1. The van der Waals surface area contributed by atoms with Crippen LogP contribution in [-0.2, 0) is 11.2 Å². The van der Waals surface area contributed by atoms with E-state index < -0.39 is 5.97 Å². The summed E-state index contributed by atoms with van der Waals surface area (Å²) in [5.74, 6) is -0.325. The monoisotopic (exact) mass is 247 g/mol. The largest absolute Gasteiger partial charge is 0.495 e. The number of aryl methyl sites for hydroxylation is 1. The van der Waals surface area contributed by atoms with Gasteiger partial charge in [0.1, 0.15) is 5.75 Å². The van der Waals surface area contributed by atoms with Crippen LogP contribution in [0, 0.1) is 0 Å². The summed E-state index contributed by atoms with van der Waals surface area (Å²) in [5, 5.41) is 9.46. The normalized spacial score (nSPS) is 10.5. The molecule has 94 valence electrons. The van der Waals surface area contributed by atoms with Crippen molar-refractivity contribution in [1.29, 1.82) is 0 Å². The van der Waals surface area contributed by atoms with Gasteiger partial charge >= 0.3 is 5.97 Å². The number of carboxylic acids is 1. The van der Waals surface area contributed by atoms with Crippen molar-refractivity contribution in [2.24, 2.45) is 0 Å². The third kappa shape index (κ3) is 2.34. The van der Waals surface area contributed by atoms with Crippen molar-refractivity contribution in [2.75, 3.05) is 7.11 Å². The molecule has 0 fully saturated rings. The van der Waals surface area contributed by atoms with E-state index in [9.17, 15) is 9.59 Å². The number of para-hydroxylation sites is 1. The molecule has 0 radical (unpaired) electrons. The van der Waals surface area contributed by atoms with Crippen molar-refractivity contribution in [2.45, 2.75) is 12.8 Å². The van der Waals surface area contributed by atoms with Crippen LogP contribution in [0.25, 0.3) is 10.9 Å². The average Bonchev–Trinajstić information content (AvgIpc) is 2.35. The van der Waals surface area contributed by atoms with Gasteiger partial charge in [0.2, 0.25) is 0 Å². The molecular weight excluding hydrogens is 234 g/mol. The first-order valence-corrected chi connectivity index (χ1v) is 5.52. The number of carboxylic acid groups (broad SMARTS) is 1. The van der Waals surface area contributed by atoms with Crippen molar-refractivity contribution in [3.8, 4) is 5.75 Å². The molecule has 0 spiro atoms. The standard InChI is InChI=1S/C13H13NO4/c1-18-10-4-2-3-8-7-9(5-6-11(15)16)13(17)14-12(8)10/h2-4,7H,5-6H2,1H3,(H,14,17)(H,15,16). The van der Waals surface area contributed by atoms with E-state index in [1.54, 1.807) is 12.1 Å². The first-order chi connectivity index (χ1) is 8.61. The Morgan fingerprint density at radius 3 is 2.89 bits per heavy atom. The van der Waals surface area contributed by atoms with Crippen LogP contribution in [-0.4, -0.2) is 23.2 Å². The molecular formula is C13H13NO4. The van der Waals surface area contributed by atoms with E-state index in [2.05, 4.69) is 4.98 Å². The molecule has 1 aromatic heterocycles. The lowest BCUT2D eigenvalue weighted by atomic mass is 10.1. The first kappa shape index (κ1) is 12.2. The summed E-state index contributed by atoms with van der Waals surface area (Å²) < 4.78 is 5.16. The molecule has 2 aromatic rings. The molecule has 1 aromatic carbocycles. The second kappa shape index (κ2) is 4.91. The van der Waals surface area contributed by atoms with Crippen molar-refractivity contribution >= 4 is 16.9 Å². The summed E-state index contributed by atoms with van der Waals surface area (Å²) in [4.78, 5) is 25.1. The molecule has 0 amide bonds. The van der Waals surface area contributed by atoms with Gasteiger partial charge in [-0.1, -0.05) is 12.1 Å². The number of rotatable bonds is 4. The van der Waals surface area contributed by atoms with Gasteiger partial charge in [0.15, 0.2) is 0 Å². The fraction of sp³-hybridized carbons (Fsp3) is 0.231. The number of nitrogens with one attached hydrogen (secondary N) is 1. The number of ether oxygens (including phenoxy) is 1. The van der Waals surface area contributed by atoms with Crippen LogP contribution in [0.5, 0.6) is 5.75 Å². The highest BCUT2D eigenvalue weighted by Gasteiger charge is 2.08. The molecule has 0 aliphatic heterocycles. The molecule has 2 N–H and O–H groups in total. The number of hydrogen-bond acceptors (Lipinski definition) is 3. The number of H-pyrrole nitrogens is 1. The second-order valence-electron chi connectivity index (χ2n) is 3.94. The van der Waals surface area contributed by atoms with Gasteiger partial charge in [-0.2, -0.15) is 0 Å². The minimum Gasteiger partial charge on any atom is -0.495 e. The SMILES string of the molecule is COc1cccc2cc(CCC(=O)O)c(=O)[nH]c12. The molecule has 0 bridgehead atoms. The number of carbonyl (C=O) groups is 1. The van der Waals surface area contributed by atoms with Gasteiger partial charge in [-0.05, 0) is 18.6 Å². The number of benzene rings is 1. The Kier molecular flexibility index (Phi) is 3.32. The number of hydrogen-bond donors (Lipinski definition) is 2. The molecule has 5 heteroatoms. The molecule has 0 unspecified atom stereocenters. The topological polar surface area (TPSA) is 79.4 Å². The van der Waals surface area contributed by atoms with E-state index in [0.29, 0.717) is 16.8 Å². The summed E-state index contributed by atoms with van der Waals surface area (Å²) in [7, 11) is 1.53. The maximum atomic E-state index is 11.8. The third-order valence-electron chi connectivity index (χ3n) is 2.75. The number of aromatic nitrogens is 1. The lowest BCUT2D eigenvalue weighted by Gasteiger charge is -2.06. The van der Waals surface area contributed by atoms with Gasteiger partial charge in [0, 0.05) is 17.4 Å². The molecule has 2 rings (SSSR count). The van der Waals surface area contributed by atoms with Crippen LogP contribution in [0.2, 0.25) is 0 Å². The molecule has 0 atom stereocenters. The Morgan fingerprint density at radius 1 is 1.44 bits per heavy atom. The third-order valence-corrected chi connectivity index (χ3v) is 2.75. The van der Waals surface area contributed by atoms with Crippen molar-refractivity contribution in [3.05, 3.63) is 40.2 Å². The Morgan fingerprint density at radius 2 is 2.22 bits per heavy atom. The molecule has 0 aliphatic rings. The Labute approximate surface area is 103 Å². The molecule has 1 heterocycles. The van der Waals surface area contributed by atoms with Crippen molar-refractivity contribution in [3.63, 3.8) is 0 Å². The Hall–Kier alpha value is -2.30. The average molecular weight is 247 g/mol. The smallest absolute Gasteiger partial charge is 0.303 e. The highest BCUT2D eigenvalue weighted by Crippen LogP contribution is 2.22. The zero-order valence-corrected chi connectivity index (χ0v) is 9.90. The molecule has 0 saturated carbocycles. The van der Waals surface area contributed by atoms with Crippen molar-refractivity contribution < 1.29 is 14.6 Å². The van der Waals surface area contributed by atoms with Gasteiger partial charge in [0.05, 0.1) is 12.6 Å². The van der Waals surface area contributed by atoms with Crippen LogP contribution in [0.15, 0.2) is 29.1 Å². The van der Waals surface area contributed by atoms with Gasteiger partial charge < -0.3 is 14.8 Å². The number of aromatic amines is 1. The quantitative estimate of drug-likeness (QED) is 0.859. The fourth-order valence-electron chi connectivity index (χ4n) is 1.85. The first-order valence-electron chi connectivity index (χ1n) is 5.52. The van der Waals surface area contributed by atoms with E-state index in [4.69, 9.17) is 9.84 Å². The van der Waals surface area contributed by atoms with Gasteiger partial charge in [-0.25, -0.2) is 0 Å².